The van der Waals surface area contributed by atoms with Gasteiger partial charge in [0.1, 0.15) is 12.2 Å². The normalized spacial score (nSPS) is 25.0. The van der Waals surface area contributed by atoms with Gasteiger partial charge in [0.2, 0.25) is 0 Å². The third-order valence-electron chi connectivity index (χ3n) is 3.68. The van der Waals surface area contributed by atoms with Crippen LogP contribution in [0, 0.1) is 0 Å². The minimum atomic E-state index is -0.449. The van der Waals surface area contributed by atoms with Gasteiger partial charge in [0.15, 0.2) is 6.29 Å². The molecule has 116 valence electrons. The number of benzene rings is 2. The summed E-state index contributed by atoms with van der Waals surface area (Å²) < 4.78 is 17.4. The predicted octanol–water partition coefficient (Wildman–Crippen LogP) is 2.68. The van der Waals surface area contributed by atoms with Crippen molar-refractivity contribution in [1.82, 2.24) is 0 Å². The molecular formula is C18H20O4. The molecule has 2 aromatic carbocycles. The van der Waals surface area contributed by atoms with Gasteiger partial charge in [-0.05, 0) is 5.56 Å². The topological polar surface area (TPSA) is 47.9 Å². The first-order valence-electron chi connectivity index (χ1n) is 7.45. The molecule has 1 aliphatic heterocycles. The Kier molecular flexibility index (Phi) is 5.19. The summed E-state index contributed by atoms with van der Waals surface area (Å²) in [6, 6.07) is 19.6. The van der Waals surface area contributed by atoms with Crippen molar-refractivity contribution in [3.05, 3.63) is 71.8 Å². The van der Waals surface area contributed by atoms with Crippen LogP contribution in [0.15, 0.2) is 60.7 Å². The molecule has 1 saturated heterocycles. The molecule has 3 rings (SSSR count). The Morgan fingerprint density at radius 1 is 1.00 bits per heavy atom. The lowest BCUT2D eigenvalue weighted by atomic mass is 10.1. The minimum absolute atomic E-state index is 0.0911. The molecule has 1 aliphatic rings. The Morgan fingerprint density at radius 3 is 2.36 bits per heavy atom. The molecule has 0 amide bonds. The zero-order valence-corrected chi connectivity index (χ0v) is 12.3. The van der Waals surface area contributed by atoms with Crippen molar-refractivity contribution in [3.63, 3.8) is 0 Å². The molecule has 0 aliphatic carbocycles. The average molecular weight is 300 g/mol. The Morgan fingerprint density at radius 2 is 1.68 bits per heavy atom. The van der Waals surface area contributed by atoms with Crippen molar-refractivity contribution < 1.29 is 19.3 Å². The maximum atomic E-state index is 9.56. The smallest absolute Gasteiger partial charge is 0.184 e. The Hall–Kier alpha value is -1.72. The van der Waals surface area contributed by atoms with Crippen LogP contribution in [-0.4, -0.2) is 30.5 Å². The molecule has 2 aromatic rings. The van der Waals surface area contributed by atoms with E-state index in [4.69, 9.17) is 14.2 Å². The number of ether oxygens (including phenoxy) is 3. The number of aliphatic hydroxyl groups excluding tert-OH is 1. The quantitative estimate of drug-likeness (QED) is 0.922. The lowest BCUT2D eigenvalue weighted by Gasteiger charge is -2.35. The maximum Gasteiger partial charge on any atom is 0.184 e. The van der Waals surface area contributed by atoms with Crippen molar-refractivity contribution >= 4 is 0 Å². The molecule has 4 heteroatoms. The fourth-order valence-corrected chi connectivity index (χ4v) is 2.45. The molecule has 1 unspecified atom stereocenters. The standard InChI is InChI=1S/C18H20O4/c19-11-16-17(20-12-14-7-3-1-4-8-14)13-21-18(22-16)15-9-5-2-6-10-15/h1-10,16-19H,11-13H2/t16-,17-,18?/m1/s1. The summed E-state index contributed by atoms with van der Waals surface area (Å²) in [6.45, 7) is 0.786. The van der Waals surface area contributed by atoms with Crippen molar-refractivity contribution in [3.8, 4) is 0 Å². The highest BCUT2D eigenvalue weighted by molar-refractivity contribution is 5.16. The third kappa shape index (κ3) is 3.72. The predicted molar refractivity (Wildman–Crippen MR) is 82.1 cm³/mol. The zero-order valence-electron chi connectivity index (χ0n) is 12.3. The van der Waals surface area contributed by atoms with E-state index < -0.39 is 6.29 Å². The Bertz CT molecular complexity index is 558. The van der Waals surface area contributed by atoms with E-state index in [1.165, 1.54) is 0 Å². The van der Waals surface area contributed by atoms with Gasteiger partial charge in [0.05, 0.1) is 19.8 Å². The molecular weight excluding hydrogens is 280 g/mol. The van der Waals surface area contributed by atoms with E-state index in [0.29, 0.717) is 13.2 Å². The van der Waals surface area contributed by atoms with Crippen LogP contribution in [-0.2, 0) is 20.8 Å². The second kappa shape index (κ2) is 7.51. The Balaban J connectivity index is 1.58. The summed E-state index contributed by atoms with van der Waals surface area (Å²) >= 11 is 0. The van der Waals surface area contributed by atoms with Gasteiger partial charge < -0.3 is 19.3 Å². The second-order valence-electron chi connectivity index (χ2n) is 5.27. The van der Waals surface area contributed by atoms with E-state index >= 15 is 0 Å². The SMILES string of the molecule is OC[C@H]1OC(c2ccccc2)OC[C@H]1OCc1ccccc1. The van der Waals surface area contributed by atoms with Crippen LogP contribution in [0.5, 0.6) is 0 Å². The molecule has 3 atom stereocenters. The molecule has 0 aromatic heterocycles. The van der Waals surface area contributed by atoms with Gasteiger partial charge >= 0.3 is 0 Å². The molecule has 22 heavy (non-hydrogen) atoms. The molecule has 0 bridgehead atoms. The summed E-state index contributed by atoms with van der Waals surface area (Å²) in [7, 11) is 0. The van der Waals surface area contributed by atoms with Crippen LogP contribution in [0.25, 0.3) is 0 Å². The molecule has 1 N–H and O–H groups in total. The largest absolute Gasteiger partial charge is 0.394 e. The van der Waals surface area contributed by atoms with Gasteiger partial charge in [-0.25, -0.2) is 0 Å². The summed E-state index contributed by atoms with van der Waals surface area (Å²) in [5.41, 5.74) is 2.03. The van der Waals surface area contributed by atoms with Crippen molar-refractivity contribution in [1.29, 1.82) is 0 Å². The van der Waals surface area contributed by atoms with Crippen LogP contribution in [0.1, 0.15) is 17.4 Å². The van der Waals surface area contributed by atoms with E-state index in [2.05, 4.69) is 0 Å². The van der Waals surface area contributed by atoms with Gasteiger partial charge in [0, 0.05) is 5.56 Å². The fraction of sp³-hybridized carbons (Fsp3) is 0.333. The van der Waals surface area contributed by atoms with Crippen LogP contribution in [0.4, 0.5) is 0 Å². The molecule has 1 heterocycles. The van der Waals surface area contributed by atoms with Crippen molar-refractivity contribution in [2.45, 2.75) is 25.1 Å². The van der Waals surface area contributed by atoms with Crippen LogP contribution >= 0.6 is 0 Å². The minimum Gasteiger partial charge on any atom is -0.394 e. The lowest BCUT2D eigenvalue weighted by molar-refractivity contribution is -0.273. The number of hydrogen-bond acceptors (Lipinski definition) is 4. The van der Waals surface area contributed by atoms with Gasteiger partial charge in [-0.1, -0.05) is 60.7 Å². The number of aliphatic hydroxyl groups is 1. The molecule has 4 nitrogen and oxygen atoms in total. The summed E-state index contributed by atoms with van der Waals surface area (Å²) in [6.07, 6.45) is -1.11. The van der Waals surface area contributed by atoms with Crippen molar-refractivity contribution in [2.75, 3.05) is 13.2 Å². The molecule has 0 radical (unpaired) electrons. The van der Waals surface area contributed by atoms with E-state index in [0.717, 1.165) is 11.1 Å². The highest BCUT2D eigenvalue weighted by Crippen LogP contribution is 2.27. The second-order valence-corrected chi connectivity index (χ2v) is 5.27. The highest BCUT2D eigenvalue weighted by Gasteiger charge is 2.33. The third-order valence-corrected chi connectivity index (χ3v) is 3.68. The molecule has 1 fully saturated rings. The van der Waals surface area contributed by atoms with E-state index in [1.807, 2.05) is 60.7 Å². The first-order chi connectivity index (χ1) is 10.9. The summed E-state index contributed by atoms with van der Waals surface area (Å²) in [5, 5.41) is 9.56. The Labute approximate surface area is 130 Å². The van der Waals surface area contributed by atoms with E-state index in [1.54, 1.807) is 0 Å². The molecule has 0 spiro atoms. The fourth-order valence-electron chi connectivity index (χ4n) is 2.45. The summed E-state index contributed by atoms with van der Waals surface area (Å²) in [5.74, 6) is 0. The van der Waals surface area contributed by atoms with E-state index in [-0.39, 0.29) is 18.8 Å². The van der Waals surface area contributed by atoms with Crippen molar-refractivity contribution in [2.24, 2.45) is 0 Å². The number of hydrogen-bond donors (Lipinski definition) is 1. The zero-order chi connectivity index (χ0) is 15.2. The van der Waals surface area contributed by atoms with Crippen LogP contribution in [0.2, 0.25) is 0 Å². The monoisotopic (exact) mass is 300 g/mol. The van der Waals surface area contributed by atoms with E-state index in [9.17, 15) is 5.11 Å². The van der Waals surface area contributed by atoms with Gasteiger partial charge in [-0.2, -0.15) is 0 Å². The highest BCUT2D eigenvalue weighted by atomic mass is 16.7. The van der Waals surface area contributed by atoms with Gasteiger partial charge in [-0.3, -0.25) is 0 Å². The first kappa shape index (κ1) is 15.2. The lowest BCUT2D eigenvalue weighted by Crippen LogP contribution is -2.44. The van der Waals surface area contributed by atoms with Gasteiger partial charge in [-0.15, -0.1) is 0 Å². The van der Waals surface area contributed by atoms with Crippen LogP contribution in [0.3, 0.4) is 0 Å². The van der Waals surface area contributed by atoms with Crippen LogP contribution < -0.4 is 0 Å². The summed E-state index contributed by atoms with van der Waals surface area (Å²) in [4.78, 5) is 0. The molecule has 0 saturated carbocycles. The average Bonchev–Trinajstić information content (AvgIpc) is 2.61. The first-order valence-corrected chi connectivity index (χ1v) is 7.45. The van der Waals surface area contributed by atoms with Gasteiger partial charge in [0.25, 0.3) is 0 Å². The maximum absolute atomic E-state index is 9.56. The number of rotatable bonds is 5.